The van der Waals surface area contributed by atoms with E-state index in [0.717, 1.165) is 18.5 Å². The van der Waals surface area contributed by atoms with Gasteiger partial charge < -0.3 is 15.2 Å². The summed E-state index contributed by atoms with van der Waals surface area (Å²) < 4.78 is 34.6. The first-order chi connectivity index (χ1) is 10.5. The lowest BCUT2D eigenvalue weighted by Gasteiger charge is -2.39. The highest BCUT2D eigenvalue weighted by Gasteiger charge is 2.27. The molecule has 1 fully saturated rings. The Balaban J connectivity index is 2.14. The molecular formula is C16H24F2N2O2. The van der Waals surface area contributed by atoms with E-state index < -0.39 is 6.61 Å². The molecule has 6 heteroatoms. The first-order valence-corrected chi connectivity index (χ1v) is 7.61. The Bertz CT molecular complexity index is 485. The fourth-order valence-corrected chi connectivity index (χ4v) is 3.15. The quantitative estimate of drug-likeness (QED) is 0.877. The van der Waals surface area contributed by atoms with Gasteiger partial charge in [0.2, 0.25) is 0 Å². The molecule has 2 N–H and O–H groups in total. The molecule has 0 aliphatic carbocycles. The summed E-state index contributed by atoms with van der Waals surface area (Å²) in [6.45, 7) is 1.61. The second-order valence-electron chi connectivity index (χ2n) is 5.76. The van der Waals surface area contributed by atoms with Crippen molar-refractivity contribution in [2.24, 2.45) is 11.7 Å². The molecule has 1 aromatic rings. The first-order valence-electron chi connectivity index (χ1n) is 7.61. The number of likely N-dealkylation sites (tertiary alicyclic amines) is 1. The Kier molecular flexibility index (Phi) is 5.97. The molecule has 22 heavy (non-hydrogen) atoms. The lowest BCUT2D eigenvalue weighted by molar-refractivity contribution is -0.0512. The van der Waals surface area contributed by atoms with Crippen molar-refractivity contribution in [2.45, 2.75) is 39.0 Å². The zero-order valence-corrected chi connectivity index (χ0v) is 13.1. The number of ether oxygens (including phenoxy) is 2. The molecule has 1 aliphatic heterocycles. The zero-order valence-electron chi connectivity index (χ0n) is 13.1. The van der Waals surface area contributed by atoms with Gasteiger partial charge in [-0.1, -0.05) is 13.0 Å². The molecule has 1 aliphatic rings. The zero-order chi connectivity index (χ0) is 16.1. The minimum absolute atomic E-state index is 0.0735. The van der Waals surface area contributed by atoms with Crippen LogP contribution in [0.2, 0.25) is 0 Å². The number of benzene rings is 1. The molecule has 0 saturated carbocycles. The average Bonchev–Trinajstić information content (AvgIpc) is 2.47. The third kappa shape index (κ3) is 4.08. The van der Waals surface area contributed by atoms with Crippen LogP contribution in [0.4, 0.5) is 8.78 Å². The third-order valence-corrected chi connectivity index (χ3v) is 4.30. The number of nitrogens with zero attached hydrogens (tertiary/aromatic N) is 1. The summed E-state index contributed by atoms with van der Waals surface area (Å²) in [4.78, 5) is 2.32. The Labute approximate surface area is 130 Å². The molecule has 0 radical (unpaired) electrons. The lowest BCUT2D eigenvalue weighted by atomic mass is 9.90. The molecule has 2 unspecified atom stereocenters. The number of methoxy groups -OCH3 is 1. The highest BCUT2D eigenvalue weighted by Crippen LogP contribution is 2.31. The van der Waals surface area contributed by atoms with Gasteiger partial charge in [-0.25, -0.2) is 0 Å². The predicted molar refractivity (Wildman–Crippen MR) is 81.3 cm³/mol. The van der Waals surface area contributed by atoms with Gasteiger partial charge in [-0.15, -0.1) is 0 Å². The third-order valence-electron chi connectivity index (χ3n) is 4.30. The molecule has 1 heterocycles. The molecule has 4 nitrogen and oxygen atoms in total. The fraction of sp³-hybridized carbons (Fsp3) is 0.625. The van der Waals surface area contributed by atoms with Crippen LogP contribution in [-0.4, -0.2) is 37.8 Å². The van der Waals surface area contributed by atoms with Crippen LogP contribution in [0.25, 0.3) is 0 Å². The number of nitrogens with two attached hydrogens (primary N) is 1. The molecule has 0 amide bonds. The van der Waals surface area contributed by atoms with Crippen LogP contribution < -0.4 is 15.2 Å². The lowest BCUT2D eigenvalue weighted by Crippen LogP contribution is -2.47. The second kappa shape index (κ2) is 7.74. The fourth-order valence-electron chi connectivity index (χ4n) is 3.15. The summed E-state index contributed by atoms with van der Waals surface area (Å²) in [6.07, 6.45) is 2.31. The monoisotopic (exact) mass is 314 g/mol. The van der Waals surface area contributed by atoms with E-state index in [9.17, 15) is 8.78 Å². The smallest absolute Gasteiger partial charge is 0.387 e. The van der Waals surface area contributed by atoms with Gasteiger partial charge in [0.05, 0.1) is 7.11 Å². The first kappa shape index (κ1) is 17.0. The van der Waals surface area contributed by atoms with Crippen molar-refractivity contribution in [3.8, 4) is 11.5 Å². The molecule has 0 aromatic heterocycles. The van der Waals surface area contributed by atoms with E-state index in [2.05, 4.69) is 16.6 Å². The molecule has 2 rings (SSSR count). The Morgan fingerprint density at radius 3 is 2.77 bits per heavy atom. The number of rotatable bonds is 6. The molecule has 0 bridgehead atoms. The number of hydrogen-bond donors (Lipinski definition) is 1. The second-order valence-corrected chi connectivity index (χ2v) is 5.76. The Morgan fingerprint density at radius 2 is 2.14 bits per heavy atom. The van der Waals surface area contributed by atoms with E-state index in [1.54, 1.807) is 12.1 Å². The minimum Gasteiger partial charge on any atom is -0.493 e. The molecule has 124 valence electrons. The van der Waals surface area contributed by atoms with Crippen molar-refractivity contribution in [1.82, 2.24) is 4.90 Å². The largest absolute Gasteiger partial charge is 0.493 e. The standard InChI is InChI=1S/C16H24F2N2O2/c1-11-4-3-7-20(13(11)9-19)10-12-5-6-14(21-2)15(8-12)22-16(17)18/h5-6,8,11,13,16H,3-4,7,9-10,19H2,1-2H3. The van der Waals surface area contributed by atoms with Gasteiger partial charge in [0.15, 0.2) is 11.5 Å². The van der Waals surface area contributed by atoms with Gasteiger partial charge >= 0.3 is 6.61 Å². The number of hydrogen-bond acceptors (Lipinski definition) is 4. The van der Waals surface area contributed by atoms with E-state index >= 15 is 0 Å². The van der Waals surface area contributed by atoms with Crippen LogP contribution in [0.3, 0.4) is 0 Å². The number of alkyl halides is 2. The van der Waals surface area contributed by atoms with Crippen LogP contribution in [0, 0.1) is 5.92 Å². The van der Waals surface area contributed by atoms with Gasteiger partial charge in [-0.3, -0.25) is 4.90 Å². The van der Waals surface area contributed by atoms with Gasteiger partial charge in [-0.05, 0) is 43.0 Å². The molecule has 1 aromatic carbocycles. The number of piperidine rings is 1. The summed E-state index contributed by atoms with van der Waals surface area (Å²) in [5, 5.41) is 0. The number of halogens is 2. The molecule has 1 saturated heterocycles. The van der Waals surface area contributed by atoms with Crippen molar-refractivity contribution >= 4 is 0 Å². The summed E-state index contributed by atoms with van der Waals surface area (Å²) in [7, 11) is 1.43. The van der Waals surface area contributed by atoms with Crippen molar-refractivity contribution in [1.29, 1.82) is 0 Å². The maximum atomic E-state index is 12.5. The van der Waals surface area contributed by atoms with E-state index in [-0.39, 0.29) is 5.75 Å². The highest BCUT2D eigenvalue weighted by molar-refractivity contribution is 5.43. The summed E-state index contributed by atoms with van der Waals surface area (Å²) >= 11 is 0. The van der Waals surface area contributed by atoms with E-state index in [4.69, 9.17) is 10.5 Å². The van der Waals surface area contributed by atoms with Gasteiger partial charge in [0.25, 0.3) is 0 Å². The highest BCUT2D eigenvalue weighted by atomic mass is 19.3. The van der Waals surface area contributed by atoms with Gasteiger partial charge in [-0.2, -0.15) is 8.78 Å². The van der Waals surface area contributed by atoms with Crippen LogP contribution in [-0.2, 0) is 6.54 Å². The van der Waals surface area contributed by atoms with Crippen LogP contribution in [0.15, 0.2) is 18.2 Å². The van der Waals surface area contributed by atoms with Crippen molar-refractivity contribution in [2.75, 3.05) is 20.2 Å². The van der Waals surface area contributed by atoms with Gasteiger partial charge in [0, 0.05) is 19.1 Å². The van der Waals surface area contributed by atoms with Crippen molar-refractivity contribution < 1.29 is 18.3 Å². The Hall–Kier alpha value is -1.40. The topological polar surface area (TPSA) is 47.7 Å². The Morgan fingerprint density at radius 1 is 1.36 bits per heavy atom. The molecule has 2 atom stereocenters. The van der Waals surface area contributed by atoms with Crippen LogP contribution in [0.1, 0.15) is 25.3 Å². The summed E-state index contributed by atoms with van der Waals surface area (Å²) in [5.74, 6) is 0.935. The van der Waals surface area contributed by atoms with Crippen LogP contribution >= 0.6 is 0 Å². The van der Waals surface area contributed by atoms with Gasteiger partial charge in [0.1, 0.15) is 0 Å². The predicted octanol–water partition coefficient (Wildman–Crippen LogP) is 2.86. The maximum absolute atomic E-state index is 12.5. The molecular weight excluding hydrogens is 290 g/mol. The van der Waals surface area contributed by atoms with E-state index in [1.165, 1.54) is 13.5 Å². The van der Waals surface area contributed by atoms with Crippen LogP contribution in [0.5, 0.6) is 11.5 Å². The van der Waals surface area contributed by atoms with E-state index in [0.29, 0.717) is 30.8 Å². The SMILES string of the molecule is COc1ccc(CN2CCCC(C)C2CN)cc1OC(F)F. The van der Waals surface area contributed by atoms with Crippen molar-refractivity contribution in [3.63, 3.8) is 0 Å². The summed E-state index contributed by atoms with van der Waals surface area (Å²) in [5.41, 5.74) is 6.81. The summed E-state index contributed by atoms with van der Waals surface area (Å²) in [6, 6.07) is 5.50. The normalized spacial score (nSPS) is 22.8. The maximum Gasteiger partial charge on any atom is 0.387 e. The molecule has 0 spiro atoms. The van der Waals surface area contributed by atoms with Crippen molar-refractivity contribution in [3.05, 3.63) is 23.8 Å². The van der Waals surface area contributed by atoms with E-state index in [1.807, 2.05) is 6.07 Å². The average molecular weight is 314 g/mol. The minimum atomic E-state index is -2.86.